The Morgan fingerprint density at radius 3 is 1.85 bits per heavy atom. The van der Waals surface area contributed by atoms with Crippen LogP contribution in [0.5, 0.6) is 0 Å². The minimum Gasteiger partial charge on any atom is -0.391 e. The zero-order valence-electron chi connectivity index (χ0n) is 8.38. The van der Waals surface area contributed by atoms with Crippen molar-refractivity contribution in [3.05, 3.63) is 0 Å². The highest BCUT2D eigenvalue weighted by Gasteiger charge is 2.05. The summed E-state index contributed by atoms with van der Waals surface area (Å²) >= 11 is 0. The van der Waals surface area contributed by atoms with Gasteiger partial charge >= 0.3 is 0 Å². The Bertz CT molecular complexity index is 93.4. The number of hydrogen-bond acceptors (Lipinski definition) is 5. The van der Waals surface area contributed by atoms with Crippen LogP contribution >= 0.6 is 0 Å². The maximum atomic E-state index is 8.83. The summed E-state index contributed by atoms with van der Waals surface area (Å²) in [6, 6.07) is 0. The number of ether oxygens (including phenoxy) is 2. The Morgan fingerprint density at radius 2 is 1.54 bits per heavy atom. The van der Waals surface area contributed by atoms with Crippen LogP contribution in [-0.2, 0) is 9.47 Å². The van der Waals surface area contributed by atoms with Crippen LogP contribution in [0, 0.1) is 0 Å². The summed E-state index contributed by atoms with van der Waals surface area (Å²) < 4.78 is 10.4. The van der Waals surface area contributed by atoms with Gasteiger partial charge in [-0.2, -0.15) is 0 Å². The van der Waals surface area contributed by atoms with Crippen molar-refractivity contribution in [2.45, 2.75) is 6.29 Å². The van der Waals surface area contributed by atoms with Gasteiger partial charge < -0.3 is 25.2 Å². The van der Waals surface area contributed by atoms with E-state index in [0.717, 1.165) is 13.1 Å². The molecule has 13 heavy (non-hydrogen) atoms. The van der Waals surface area contributed by atoms with Gasteiger partial charge in [0.1, 0.15) is 0 Å². The van der Waals surface area contributed by atoms with E-state index in [2.05, 4.69) is 10.6 Å². The summed E-state index contributed by atoms with van der Waals surface area (Å²) in [5, 5.41) is 14.7. The predicted octanol–water partition coefficient (Wildman–Crippen LogP) is -1.22. The highest BCUT2D eigenvalue weighted by atomic mass is 16.7. The van der Waals surface area contributed by atoms with Gasteiger partial charge in [-0.1, -0.05) is 0 Å². The minimum absolute atomic E-state index is 0.104. The fourth-order valence-electron chi connectivity index (χ4n) is 0.738. The van der Waals surface area contributed by atoms with E-state index in [-0.39, 0.29) is 6.61 Å². The van der Waals surface area contributed by atoms with Crippen LogP contribution in [0.2, 0.25) is 0 Å². The first-order valence-corrected chi connectivity index (χ1v) is 4.48. The van der Waals surface area contributed by atoms with Crippen LogP contribution in [0.25, 0.3) is 0 Å². The van der Waals surface area contributed by atoms with Crippen molar-refractivity contribution in [3.8, 4) is 0 Å². The van der Waals surface area contributed by atoms with Crippen molar-refractivity contribution in [1.82, 2.24) is 10.6 Å². The van der Waals surface area contributed by atoms with Gasteiger partial charge in [0.05, 0.1) is 19.8 Å². The summed E-state index contributed by atoms with van der Waals surface area (Å²) in [5.74, 6) is 0. The standard InChI is InChI=1S/C8H20N2O3/c1-9-3-5-12-8(7-11)13-6-4-10-2/h8-11H,3-7H2,1-2H3. The van der Waals surface area contributed by atoms with Crippen LogP contribution < -0.4 is 10.6 Å². The maximum Gasteiger partial charge on any atom is 0.180 e. The quantitative estimate of drug-likeness (QED) is 0.316. The smallest absolute Gasteiger partial charge is 0.180 e. The molecular formula is C8H20N2O3. The van der Waals surface area contributed by atoms with E-state index >= 15 is 0 Å². The Balaban J connectivity index is 3.28. The van der Waals surface area contributed by atoms with Crippen molar-refractivity contribution in [2.24, 2.45) is 0 Å². The summed E-state index contributed by atoms with van der Waals surface area (Å²) in [5.41, 5.74) is 0. The van der Waals surface area contributed by atoms with E-state index in [1.165, 1.54) is 0 Å². The van der Waals surface area contributed by atoms with Gasteiger partial charge in [0.2, 0.25) is 0 Å². The average molecular weight is 192 g/mol. The molecule has 0 aromatic carbocycles. The maximum absolute atomic E-state index is 8.83. The van der Waals surface area contributed by atoms with E-state index in [4.69, 9.17) is 14.6 Å². The molecule has 0 aromatic rings. The number of hydrogen-bond donors (Lipinski definition) is 3. The van der Waals surface area contributed by atoms with Crippen molar-refractivity contribution in [2.75, 3.05) is 47.0 Å². The van der Waals surface area contributed by atoms with E-state index in [9.17, 15) is 0 Å². The summed E-state index contributed by atoms with van der Waals surface area (Å²) in [6.45, 7) is 2.49. The zero-order valence-corrected chi connectivity index (χ0v) is 8.38. The number of rotatable bonds is 9. The van der Waals surface area contributed by atoms with Crippen LogP contribution in [-0.4, -0.2) is 58.4 Å². The zero-order chi connectivity index (χ0) is 9.94. The molecule has 0 aromatic heterocycles. The topological polar surface area (TPSA) is 62.8 Å². The molecule has 0 aliphatic heterocycles. The first-order chi connectivity index (χ1) is 6.35. The molecule has 3 N–H and O–H groups in total. The van der Waals surface area contributed by atoms with Gasteiger partial charge in [0.25, 0.3) is 0 Å². The number of aliphatic hydroxyl groups is 1. The number of nitrogens with one attached hydrogen (secondary N) is 2. The van der Waals surface area contributed by atoms with Crippen molar-refractivity contribution >= 4 is 0 Å². The SMILES string of the molecule is CNCCOC(CO)OCCNC. The Hall–Kier alpha value is -0.200. The van der Waals surface area contributed by atoms with Crippen molar-refractivity contribution in [3.63, 3.8) is 0 Å². The van der Waals surface area contributed by atoms with Crippen LogP contribution in [0.3, 0.4) is 0 Å². The van der Waals surface area contributed by atoms with Gasteiger partial charge in [-0.05, 0) is 14.1 Å². The van der Waals surface area contributed by atoms with E-state index in [1.54, 1.807) is 0 Å². The highest BCUT2D eigenvalue weighted by molar-refractivity contribution is 4.44. The van der Waals surface area contributed by atoms with Gasteiger partial charge in [-0.15, -0.1) is 0 Å². The Kier molecular flexibility index (Phi) is 9.73. The Morgan fingerprint density at radius 1 is 1.08 bits per heavy atom. The van der Waals surface area contributed by atoms with Crippen LogP contribution in [0.15, 0.2) is 0 Å². The fourth-order valence-corrected chi connectivity index (χ4v) is 0.738. The van der Waals surface area contributed by atoms with Gasteiger partial charge in [0.15, 0.2) is 6.29 Å². The minimum atomic E-state index is -0.498. The lowest BCUT2D eigenvalue weighted by Gasteiger charge is -2.15. The second kappa shape index (κ2) is 9.88. The molecular weight excluding hydrogens is 172 g/mol. The molecule has 0 fully saturated rings. The largest absolute Gasteiger partial charge is 0.391 e. The van der Waals surface area contributed by atoms with Crippen molar-refractivity contribution < 1.29 is 14.6 Å². The summed E-state index contributed by atoms with van der Waals surface area (Å²) in [7, 11) is 3.69. The third kappa shape index (κ3) is 8.14. The first-order valence-electron chi connectivity index (χ1n) is 4.48. The molecule has 0 radical (unpaired) electrons. The molecule has 0 unspecified atom stereocenters. The van der Waals surface area contributed by atoms with Crippen LogP contribution in [0.1, 0.15) is 0 Å². The molecule has 0 bridgehead atoms. The van der Waals surface area contributed by atoms with E-state index in [0.29, 0.717) is 13.2 Å². The molecule has 0 rings (SSSR count). The molecule has 0 saturated heterocycles. The van der Waals surface area contributed by atoms with Gasteiger partial charge in [-0.3, -0.25) is 0 Å². The second-order valence-electron chi connectivity index (χ2n) is 2.56. The summed E-state index contributed by atoms with van der Waals surface area (Å²) in [6.07, 6.45) is -0.498. The fraction of sp³-hybridized carbons (Fsp3) is 1.00. The third-order valence-electron chi connectivity index (χ3n) is 1.46. The van der Waals surface area contributed by atoms with Crippen molar-refractivity contribution in [1.29, 1.82) is 0 Å². The number of aliphatic hydroxyl groups excluding tert-OH is 1. The lowest BCUT2D eigenvalue weighted by Crippen LogP contribution is -2.28. The molecule has 5 nitrogen and oxygen atoms in total. The highest BCUT2D eigenvalue weighted by Crippen LogP contribution is 1.92. The lowest BCUT2D eigenvalue weighted by atomic mass is 10.6. The predicted molar refractivity (Wildman–Crippen MR) is 50.6 cm³/mol. The molecule has 0 spiro atoms. The molecule has 0 aliphatic rings. The van der Waals surface area contributed by atoms with Gasteiger partial charge in [-0.25, -0.2) is 0 Å². The average Bonchev–Trinajstić information content (AvgIpc) is 2.16. The van der Waals surface area contributed by atoms with Crippen LogP contribution in [0.4, 0.5) is 0 Å². The molecule has 5 heteroatoms. The molecule has 0 atom stereocenters. The monoisotopic (exact) mass is 192 g/mol. The Labute approximate surface area is 79.4 Å². The molecule has 0 heterocycles. The number of likely N-dealkylation sites (N-methyl/N-ethyl adjacent to an activating group) is 2. The normalized spacial score (nSPS) is 11.1. The summed E-state index contributed by atoms with van der Waals surface area (Å²) in [4.78, 5) is 0. The van der Waals surface area contributed by atoms with Gasteiger partial charge in [0, 0.05) is 13.1 Å². The lowest BCUT2D eigenvalue weighted by molar-refractivity contribution is -0.160. The molecule has 0 amide bonds. The first kappa shape index (κ1) is 12.8. The molecule has 0 saturated carbocycles. The molecule has 80 valence electrons. The second-order valence-corrected chi connectivity index (χ2v) is 2.56. The third-order valence-corrected chi connectivity index (χ3v) is 1.46. The van der Waals surface area contributed by atoms with E-state index < -0.39 is 6.29 Å². The molecule has 0 aliphatic carbocycles. The van der Waals surface area contributed by atoms with E-state index in [1.807, 2.05) is 14.1 Å².